The quantitative estimate of drug-likeness (QED) is 0.794. The highest BCUT2D eigenvalue weighted by Crippen LogP contribution is 2.36. The van der Waals surface area contributed by atoms with Gasteiger partial charge in [-0.2, -0.15) is 4.80 Å². The number of ether oxygens (including phenoxy) is 1. The fourth-order valence-corrected chi connectivity index (χ4v) is 2.32. The zero-order valence-electron chi connectivity index (χ0n) is 9.89. The Balaban J connectivity index is 1.93. The lowest BCUT2D eigenvalue weighted by atomic mass is 10.0. The molecule has 6 heteroatoms. The zero-order valence-corrected chi connectivity index (χ0v) is 9.89. The van der Waals surface area contributed by atoms with Gasteiger partial charge in [0.15, 0.2) is 5.82 Å². The molecule has 0 aromatic carbocycles. The normalized spacial score (nSPS) is 29.8. The van der Waals surface area contributed by atoms with Crippen LogP contribution in [0, 0.1) is 5.92 Å². The highest BCUT2D eigenvalue weighted by Gasteiger charge is 2.37. The van der Waals surface area contributed by atoms with Gasteiger partial charge in [0.25, 0.3) is 0 Å². The van der Waals surface area contributed by atoms with Gasteiger partial charge in [-0.1, -0.05) is 6.92 Å². The van der Waals surface area contributed by atoms with Crippen molar-refractivity contribution in [3.8, 4) is 0 Å². The first-order chi connectivity index (χ1) is 7.63. The van der Waals surface area contributed by atoms with Crippen molar-refractivity contribution in [2.45, 2.75) is 38.4 Å². The molecular weight excluding hydrogens is 206 g/mol. The smallest absolute Gasteiger partial charge is 0.200 e. The molecule has 0 aliphatic heterocycles. The van der Waals surface area contributed by atoms with Gasteiger partial charge in [-0.05, 0) is 30.4 Å². The summed E-state index contributed by atoms with van der Waals surface area (Å²) in [6.45, 7) is 3.21. The summed E-state index contributed by atoms with van der Waals surface area (Å²) in [5, 5.41) is 11.8. The van der Waals surface area contributed by atoms with Gasteiger partial charge in [0.05, 0.1) is 12.6 Å². The SMILES string of the molecule is CC1CCC(CN)(OCc2nnn(C)n2)C1. The molecule has 0 amide bonds. The van der Waals surface area contributed by atoms with Crippen molar-refractivity contribution in [3.05, 3.63) is 5.82 Å². The molecule has 90 valence electrons. The van der Waals surface area contributed by atoms with Gasteiger partial charge < -0.3 is 10.5 Å². The molecule has 2 N–H and O–H groups in total. The van der Waals surface area contributed by atoms with Crippen LogP contribution in [0.4, 0.5) is 0 Å². The van der Waals surface area contributed by atoms with E-state index in [9.17, 15) is 0 Å². The molecule has 0 bridgehead atoms. The van der Waals surface area contributed by atoms with Gasteiger partial charge in [0.1, 0.15) is 6.61 Å². The highest BCUT2D eigenvalue weighted by atomic mass is 16.5. The number of rotatable bonds is 4. The fraction of sp³-hybridized carbons (Fsp3) is 0.900. The van der Waals surface area contributed by atoms with Crippen molar-refractivity contribution < 1.29 is 4.74 Å². The molecule has 0 spiro atoms. The molecule has 1 fully saturated rings. The molecule has 0 radical (unpaired) electrons. The van der Waals surface area contributed by atoms with Crippen LogP contribution in [0.15, 0.2) is 0 Å². The van der Waals surface area contributed by atoms with Gasteiger partial charge in [0, 0.05) is 6.54 Å². The van der Waals surface area contributed by atoms with Crippen molar-refractivity contribution >= 4 is 0 Å². The summed E-state index contributed by atoms with van der Waals surface area (Å²) in [6, 6.07) is 0. The van der Waals surface area contributed by atoms with E-state index in [0.29, 0.717) is 24.9 Å². The predicted octanol–water partition coefficient (Wildman–Crippen LogP) is 0.244. The molecule has 6 nitrogen and oxygen atoms in total. The molecule has 0 saturated heterocycles. The van der Waals surface area contributed by atoms with E-state index < -0.39 is 0 Å². The number of aryl methyl sites for hydroxylation is 1. The molecule has 1 aromatic rings. The molecule has 1 heterocycles. The lowest BCUT2D eigenvalue weighted by Gasteiger charge is -2.27. The zero-order chi connectivity index (χ0) is 11.6. The molecule has 1 saturated carbocycles. The largest absolute Gasteiger partial charge is 0.366 e. The molecule has 2 atom stereocenters. The molecular formula is C10H19N5O. The summed E-state index contributed by atoms with van der Waals surface area (Å²) >= 11 is 0. The van der Waals surface area contributed by atoms with Crippen molar-refractivity contribution in [3.63, 3.8) is 0 Å². The van der Waals surface area contributed by atoms with E-state index in [1.165, 1.54) is 11.2 Å². The summed E-state index contributed by atoms with van der Waals surface area (Å²) < 4.78 is 5.91. The standard InChI is InChI=1S/C10H19N5O/c1-8-3-4-10(5-8,7-11)16-6-9-12-14-15(2)13-9/h8H,3-7,11H2,1-2H3. The van der Waals surface area contributed by atoms with Crippen molar-refractivity contribution in [2.24, 2.45) is 18.7 Å². The Morgan fingerprint density at radius 2 is 2.44 bits per heavy atom. The first kappa shape index (κ1) is 11.5. The van der Waals surface area contributed by atoms with Crippen LogP contribution in [0.5, 0.6) is 0 Å². The maximum Gasteiger partial charge on any atom is 0.200 e. The Bertz CT molecular complexity index is 353. The number of hydrogen-bond acceptors (Lipinski definition) is 5. The number of aromatic nitrogens is 4. The number of hydrogen-bond donors (Lipinski definition) is 1. The minimum Gasteiger partial charge on any atom is -0.366 e. The molecule has 1 aliphatic carbocycles. The van der Waals surface area contributed by atoms with Crippen LogP contribution in [0.2, 0.25) is 0 Å². The molecule has 1 aromatic heterocycles. The predicted molar refractivity (Wildman–Crippen MR) is 58.4 cm³/mol. The summed E-state index contributed by atoms with van der Waals surface area (Å²) in [7, 11) is 1.74. The van der Waals surface area contributed by atoms with Crippen molar-refractivity contribution in [2.75, 3.05) is 6.54 Å². The molecule has 1 aliphatic rings. The van der Waals surface area contributed by atoms with Crippen LogP contribution < -0.4 is 5.73 Å². The molecule has 2 rings (SSSR count). The highest BCUT2D eigenvalue weighted by molar-refractivity contribution is 4.91. The first-order valence-electron chi connectivity index (χ1n) is 5.70. The molecule has 2 unspecified atom stereocenters. The second kappa shape index (κ2) is 4.47. The van der Waals surface area contributed by atoms with Crippen molar-refractivity contribution in [1.29, 1.82) is 0 Å². The van der Waals surface area contributed by atoms with Gasteiger partial charge >= 0.3 is 0 Å². The van der Waals surface area contributed by atoms with Gasteiger partial charge in [-0.25, -0.2) is 0 Å². The third-order valence-corrected chi connectivity index (χ3v) is 3.24. The van der Waals surface area contributed by atoms with E-state index in [2.05, 4.69) is 22.3 Å². The first-order valence-corrected chi connectivity index (χ1v) is 5.70. The van der Waals surface area contributed by atoms with E-state index in [0.717, 1.165) is 12.8 Å². The van der Waals surface area contributed by atoms with Crippen LogP contribution >= 0.6 is 0 Å². The van der Waals surface area contributed by atoms with E-state index in [1.807, 2.05) is 0 Å². The third-order valence-electron chi connectivity index (χ3n) is 3.24. The minimum atomic E-state index is -0.168. The minimum absolute atomic E-state index is 0.168. The summed E-state index contributed by atoms with van der Waals surface area (Å²) in [5.41, 5.74) is 5.65. The van der Waals surface area contributed by atoms with E-state index in [1.54, 1.807) is 7.05 Å². The van der Waals surface area contributed by atoms with Gasteiger partial charge in [0.2, 0.25) is 0 Å². The fourth-order valence-electron chi connectivity index (χ4n) is 2.32. The Hall–Kier alpha value is -1.01. The second-order valence-electron chi connectivity index (χ2n) is 4.72. The lowest BCUT2D eigenvalue weighted by molar-refractivity contribution is -0.0498. The van der Waals surface area contributed by atoms with Crippen LogP contribution in [0.1, 0.15) is 32.0 Å². The maximum atomic E-state index is 5.91. The topological polar surface area (TPSA) is 78.9 Å². The van der Waals surface area contributed by atoms with Crippen LogP contribution in [-0.4, -0.2) is 32.4 Å². The summed E-state index contributed by atoms with van der Waals surface area (Å²) in [6.07, 6.45) is 3.25. The molecule has 16 heavy (non-hydrogen) atoms. The summed E-state index contributed by atoms with van der Waals surface area (Å²) in [4.78, 5) is 1.44. The van der Waals surface area contributed by atoms with E-state index >= 15 is 0 Å². The number of tetrazole rings is 1. The average Bonchev–Trinajstić information content (AvgIpc) is 2.83. The van der Waals surface area contributed by atoms with Gasteiger partial charge in [-0.15, -0.1) is 10.2 Å². The number of nitrogens with two attached hydrogens (primary N) is 1. The lowest BCUT2D eigenvalue weighted by Crippen LogP contribution is -2.38. The maximum absolute atomic E-state index is 5.91. The van der Waals surface area contributed by atoms with Crippen molar-refractivity contribution in [1.82, 2.24) is 20.2 Å². The Labute approximate surface area is 95.1 Å². The Morgan fingerprint density at radius 3 is 2.94 bits per heavy atom. The monoisotopic (exact) mass is 225 g/mol. The third kappa shape index (κ3) is 2.38. The van der Waals surface area contributed by atoms with Crippen LogP contribution in [0.25, 0.3) is 0 Å². The average molecular weight is 225 g/mol. The van der Waals surface area contributed by atoms with E-state index in [-0.39, 0.29) is 5.60 Å². The van der Waals surface area contributed by atoms with Gasteiger partial charge in [-0.3, -0.25) is 0 Å². The number of nitrogens with zero attached hydrogens (tertiary/aromatic N) is 4. The van der Waals surface area contributed by atoms with E-state index in [4.69, 9.17) is 10.5 Å². The Morgan fingerprint density at radius 1 is 1.62 bits per heavy atom. The van der Waals surface area contributed by atoms with Crippen LogP contribution in [0.3, 0.4) is 0 Å². The second-order valence-corrected chi connectivity index (χ2v) is 4.72. The van der Waals surface area contributed by atoms with Crippen LogP contribution in [-0.2, 0) is 18.4 Å². The Kier molecular flexibility index (Phi) is 3.20. The summed E-state index contributed by atoms with van der Waals surface area (Å²) in [5.74, 6) is 1.31.